The van der Waals surface area contributed by atoms with Gasteiger partial charge in [-0.05, 0) is 29.8 Å². The van der Waals surface area contributed by atoms with E-state index in [0.717, 1.165) is 5.56 Å². The van der Waals surface area contributed by atoms with Gasteiger partial charge in [-0.2, -0.15) is 5.26 Å². The molecule has 122 valence electrons. The Kier molecular flexibility index (Phi) is 4.61. The average molecular weight is 368 g/mol. The van der Waals surface area contributed by atoms with Crippen LogP contribution >= 0.6 is 23.8 Å². The van der Waals surface area contributed by atoms with Gasteiger partial charge in [0, 0.05) is 22.3 Å². The second-order valence-electron chi connectivity index (χ2n) is 5.19. The molecule has 5 nitrogen and oxygen atoms in total. The highest BCUT2D eigenvalue weighted by Gasteiger charge is 2.19. The van der Waals surface area contributed by atoms with E-state index in [4.69, 9.17) is 23.8 Å². The molecule has 0 amide bonds. The number of hydrogen-bond donors (Lipinski definition) is 1. The Morgan fingerprint density at radius 1 is 1.12 bits per heavy atom. The third-order valence-corrected chi connectivity index (χ3v) is 4.25. The Balaban J connectivity index is 2.30. The van der Waals surface area contributed by atoms with Crippen molar-refractivity contribution in [2.45, 2.75) is 0 Å². The minimum atomic E-state index is -0.474. The number of aromatic nitrogens is 1. The van der Waals surface area contributed by atoms with Crippen LogP contribution in [0.2, 0.25) is 5.02 Å². The van der Waals surface area contributed by atoms with E-state index >= 15 is 0 Å². The molecule has 0 saturated carbocycles. The van der Waals surface area contributed by atoms with Gasteiger partial charge in [-0.25, -0.2) is 0 Å². The number of nitrogens with zero attached hydrogens (tertiary/aromatic N) is 2. The van der Waals surface area contributed by atoms with Gasteiger partial charge >= 0.3 is 0 Å². The number of pyridine rings is 1. The highest BCUT2D eigenvalue weighted by Crippen LogP contribution is 2.34. The number of nitro benzene ring substituents is 1. The van der Waals surface area contributed by atoms with Crippen molar-refractivity contribution >= 4 is 29.5 Å². The zero-order chi connectivity index (χ0) is 18.0. The summed E-state index contributed by atoms with van der Waals surface area (Å²) in [5.74, 6) is 0. The van der Waals surface area contributed by atoms with E-state index < -0.39 is 4.92 Å². The van der Waals surface area contributed by atoms with Crippen molar-refractivity contribution in [3.8, 4) is 28.5 Å². The van der Waals surface area contributed by atoms with E-state index in [-0.39, 0.29) is 15.9 Å². The van der Waals surface area contributed by atoms with Crippen molar-refractivity contribution in [2.24, 2.45) is 0 Å². The zero-order valence-corrected chi connectivity index (χ0v) is 14.3. The lowest BCUT2D eigenvalue weighted by Crippen LogP contribution is -1.96. The molecular formula is C18H10ClN3O2S. The summed E-state index contributed by atoms with van der Waals surface area (Å²) in [6.07, 6.45) is 0. The van der Waals surface area contributed by atoms with Crippen LogP contribution in [0.3, 0.4) is 0 Å². The molecule has 2 aromatic carbocycles. The van der Waals surface area contributed by atoms with Gasteiger partial charge in [0.05, 0.1) is 16.1 Å². The molecule has 25 heavy (non-hydrogen) atoms. The summed E-state index contributed by atoms with van der Waals surface area (Å²) in [5.41, 5.74) is 2.33. The lowest BCUT2D eigenvalue weighted by Gasteiger charge is -2.09. The maximum Gasteiger partial charge on any atom is 0.277 e. The van der Waals surface area contributed by atoms with E-state index in [9.17, 15) is 15.4 Å². The topological polar surface area (TPSA) is 82.7 Å². The number of benzene rings is 2. The molecule has 0 bridgehead atoms. The molecule has 7 heteroatoms. The number of halogens is 1. The van der Waals surface area contributed by atoms with Gasteiger partial charge in [0.2, 0.25) is 0 Å². The van der Waals surface area contributed by atoms with Gasteiger partial charge < -0.3 is 4.98 Å². The number of aromatic amines is 1. The van der Waals surface area contributed by atoms with Crippen LogP contribution in [0.5, 0.6) is 0 Å². The second-order valence-corrected chi connectivity index (χ2v) is 6.04. The van der Waals surface area contributed by atoms with E-state index in [1.54, 1.807) is 48.5 Å². The first-order chi connectivity index (χ1) is 12.0. The molecule has 0 saturated heterocycles. The highest BCUT2D eigenvalue weighted by molar-refractivity contribution is 7.71. The highest BCUT2D eigenvalue weighted by atomic mass is 35.5. The van der Waals surface area contributed by atoms with Gasteiger partial charge in [0.1, 0.15) is 10.7 Å². The molecule has 1 N–H and O–H groups in total. The van der Waals surface area contributed by atoms with Gasteiger partial charge in [0.15, 0.2) is 0 Å². The Bertz CT molecular complexity index is 1070. The average Bonchev–Trinajstić information content (AvgIpc) is 2.61. The molecule has 0 aliphatic carbocycles. The van der Waals surface area contributed by atoms with E-state index in [1.165, 1.54) is 6.07 Å². The van der Waals surface area contributed by atoms with Crippen molar-refractivity contribution in [3.63, 3.8) is 0 Å². The summed E-state index contributed by atoms with van der Waals surface area (Å²) >= 11 is 11.2. The third kappa shape index (κ3) is 3.29. The van der Waals surface area contributed by atoms with Crippen LogP contribution in [0.25, 0.3) is 22.4 Å². The first kappa shape index (κ1) is 16.8. The standard InChI is InChI=1S/C18H10ClN3O2S/c19-12-7-5-11(6-8-12)16-9-14(15(10-20)18(25)21-16)13-3-1-2-4-17(13)22(23)24/h1-9H,(H,21,25). The number of nitriles is 1. The quantitative estimate of drug-likeness (QED) is 0.375. The lowest BCUT2D eigenvalue weighted by molar-refractivity contribution is -0.384. The molecular weight excluding hydrogens is 358 g/mol. The van der Waals surface area contributed by atoms with Crippen molar-refractivity contribution in [1.82, 2.24) is 4.98 Å². The van der Waals surface area contributed by atoms with E-state index in [1.807, 2.05) is 6.07 Å². The van der Waals surface area contributed by atoms with Crippen LogP contribution in [0.1, 0.15) is 5.56 Å². The fourth-order valence-corrected chi connectivity index (χ4v) is 2.92. The summed E-state index contributed by atoms with van der Waals surface area (Å²) in [7, 11) is 0. The molecule has 3 aromatic rings. The predicted octanol–water partition coefficient (Wildman–Crippen LogP) is 5.51. The van der Waals surface area contributed by atoms with Crippen molar-refractivity contribution in [3.05, 3.63) is 79.9 Å². The van der Waals surface area contributed by atoms with Gasteiger partial charge in [0.25, 0.3) is 5.69 Å². The van der Waals surface area contributed by atoms with Gasteiger partial charge in [-0.3, -0.25) is 10.1 Å². The third-order valence-electron chi connectivity index (χ3n) is 3.69. The van der Waals surface area contributed by atoms with E-state index in [2.05, 4.69) is 4.98 Å². The second kappa shape index (κ2) is 6.85. The van der Waals surface area contributed by atoms with Crippen molar-refractivity contribution in [1.29, 1.82) is 5.26 Å². The molecule has 0 aliphatic heterocycles. The monoisotopic (exact) mass is 367 g/mol. The van der Waals surface area contributed by atoms with E-state index in [0.29, 0.717) is 21.8 Å². The smallest absolute Gasteiger partial charge is 0.277 e. The Morgan fingerprint density at radius 3 is 2.44 bits per heavy atom. The van der Waals surface area contributed by atoms with Crippen LogP contribution in [-0.4, -0.2) is 9.91 Å². The Hall–Kier alpha value is -3.01. The normalized spacial score (nSPS) is 10.2. The number of H-pyrrole nitrogens is 1. The molecule has 0 atom stereocenters. The minimum Gasteiger partial charge on any atom is -0.345 e. The van der Waals surface area contributed by atoms with Crippen LogP contribution in [-0.2, 0) is 0 Å². The fourth-order valence-electron chi connectivity index (χ4n) is 2.53. The molecule has 0 spiro atoms. The van der Waals surface area contributed by atoms with Gasteiger partial charge in [-0.15, -0.1) is 0 Å². The number of nitro groups is 1. The number of para-hydroxylation sites is 1. The number of hydrogen-bond acceptors (Lipinski definition) is 4. The van der Waals surface area contributed by atoms with Crippen LogP contribution in [0.4, 0.5) is 5.69 Å². The Labute approximate surface area is 153 Å². The zero-order valence-electron chi connectivity index (χ0n) is 12.7. The first-order valence-corrected chi connectivity index (χ1v) is 7.97. The molecule has 1 heterocycles. The number of nitrogens with one attached hydrogen (secondary N) is 1. The summed E-state index contributed by atoms with van der Waals surface area (Å²) in [4.78, 5) is 13.9. The maximum absolute atomic E-state index is 11.3. The molecule has 0 fully saturated rings. The molecule has 1 aromatic heterocycles. The fraction of sp³-hybridized carbons (Fsp3) is 0. The minimum absolute atomic E-state index is 0.0818. The SMILES string of the molecule is N#Cc1c(-c2ccccc2[N+](=O)[O-])cc(-c2ccc(Cl)cc2)[nH]c1=S. The predicted molar refractivity (Wildman–Crippen MR) is 98.9 cm³/mol. The van der Waals surface area contributed by atoms with Crippen LogP contribution < -0.4 is 0 Å². The molecule has 0 aliphatic rings. The van der Waals surface area contributed by atoms with Crippen molar-refractivity contribution in [2.75, 3.05) is 0 Å². The first-order valence-electron chi connectivity index (χ1n) is 7.18. The summed E-state index contributed by atoms with van der Waals surface area (Å²) in [5, 5.41) is 21.4. The van der Waals surface area contributed by atoms with Gasteiger partial charge in [-0.1, -0.05) is 48.1 Å². The molecule has 3 rings (SSSR count). The molecule has 0 radical (unpaired) electrons. The summed E-state index contributed by atoms with van der Waals surface area (Å²) < 4.78 is 0.225. The summed E-state index contributed by atoms with van der Waals surface area (Å²) in [6.45, 7) is 0. The largest absolute Gasteiger partial charge is 0.345 e. The number of rotatable bonds is 3. The summed E-state index contributed by atoms with van der Waals surface area (Å²) in [6, 6.07) is 17.1. The Morgan fingerprint density at radius 2 is 1.80 bits per heavy atom. The van der Waals surface area contributed by atoms with Crippen LogP contribution in [0.15, 0.2) is 54.6 Å². The molecule has 0 unspecified atom stereocenters. The maximum atomic E-state index is 11.3. The lowest BCUT2D eigenvalue weighted by atomic mass is 9.98. The van der Waals surface area contributed by atoms with Crippen molar-refractivity contribution < 1.29 is 4.92 Å². The van der Waals surface area contributed by atoms with Crippen LogP contribution in [0, 0.1) is 26.1 Å².